The van der Waals surface area contributed by atoms with E-state index in [4.69, 9.17) is 11.6 Å². The molecule has 2 aromatic rings. The first kappa shape index (κ1) is 14.9. The number of nitrogens with one attached hydrogen (secondary N) is 1. The molecule has 2 aromatic carbocycles. The summed E-state index contributed by atoms with van der Waals surface area (Å²) in [6, 6.07) is 12.3. The Labute approximate surface area is 130 Å². The SMILES string of the molecule is O=C(CCc1ccccc1Br)Nc1cc(Cl)ccc1O. The van der Waals surface area contributed by atoms with E-state index in [1.54, 1.807) is 6.07 Å². The molecule has 0 radical (unpaired) electrons. The Morgan fingerprint density at radius 3 is 2.75 bits per heavy atom. The summed E-state index contributed by atoms with van der Waals surface area (Å²) in [5, 5.41) is 12.7. The zero-order chi connectivity index (χ0) is 14.5. The number of aryl methyl sites for hydroxylation is 1. The first-order chi connectivity index (χ1) is 9.56. The van der Waals surface area contributed by atoms with Crippen LogP contribution in [0.1, 0.15) is 12.0 Å². The fourth-order valence-electron chi connectivity index (χ4n) is 1.77. The molecule has 0 aliphatic rings. The van der Waals surface area contributed by atoms with E-state index in [2.05, 4.69) is 21.2 Å². The van der Waals surface area contributed by atoms with Gasteiger partial charge in [0.25, 0.3) is 0 Å². The number of hydrogen-bond acceptors (Lipinski definition) is 2. The molecule has 2 rings (SSSR count). The molecule has 0 aromatic heterocycles. The highest BCUT2D eigenvalue weighted by Gasteiger charge is 2.08. The van der Waals surface area contributed by atoms with Crippen molar-refractivity contribution in [1.82, 2.24) is 0 Å². The second-order valence-corrected chi connectivity index (χ2v) is 5.59. The zero-order valence-electron chi connectivity index (χ0n) is 10.6. The minimum absolute atomic E-state index is 0.00337. The highest BCUT2D eigenvalue weighted by Crippen LogP contribution is 2.26. The fourth-order valence-corrected chi connectivity index (χ4v) is 2.43. The lowest BCUT2D eigenvalue weighted by atomic mass is 10.1. The minimum Gasteiger partial charge on any atom is -0.506 e. The average molecular weight is 355 g/mol. The van der Waals surface area contributed by atoms with Crippen LogP contribution in [0.2, 0.25) is 5.02 Å². The van der Waals surface area contributed by atoms with Gasteiger partial charge in [-0.15, -0.1) is 0 Å². The standard InChI is InChI=1S/C15H13BrClNO2/c16-12-4-2-1-3-10(12)5-8-15(20)18-13-9-11(17)6-7-14(13)19/h1-4,6-7,9,19H,5,8H2,(H,18,20). The maximum Gasteiger partial charge on any atom is 0.224 e. The molecule has 0 fully saturated rings. The molecule has 5 heteroatoms. The van der Waals surface area contributed by atoms with E-state index in [0.29, 0.717) is 23.6 Å². The minimum atomic E-state index is -0.168. The fraction of sp³-hybridized carbons (Fsp3) is 0.133. The van der Waals surface area contributed by atoms with E-state index in [-0.39, 0.29) is 11.7 Å². The van der Waals surface area contributed by atoms with Crippen LogP contribution in [0.25, 0.3) is 0 Å². The third kappa shape index (κ3) is 3.99. The monoisotopic (exact) mass is 353 g/mol. The van der Waals surface area contributed by atoms with Crippen LogP contribution in [-0.2, 0) is 11.2 Å². The van der Waals surface area contributed by atoms with Crippen molar-refractivity contribution < 1.29 is 9.90 Å². The Hall–Kier alpha value is -1.52. The number of carbonyl (C=O) groups is 1. The molecule has 0 aliphatic heterocycles. The van der Waals surface area contributed by atoms with Gasteiger partial charge in [-0.3, -0.25) is 4.79 Å². The predicted molar refractivity (Wildman–Crippen MR) is 84.2 cm³/mol. The quantitative estimate of drug-likeness (QED) is 0.801. The molecule has 0 saturated carbocycles. The maximum absolute atomic E-state index is 11.9. The summed E-state index contributed by atoms with van der Waals surface area (Å²) in [5.74, 6) is -0.165. The Balaban J connectivity index is 1.96. The number of aromatic hydroxyl groups is 1. The van der Waals surface area contributed by atoms with Gasteiger partial charge in [-0.1, -0.05) is 45.7 Å². The Kier molecular flexibility index (Phi) is 5.04. The second-order valence-electron chi connectivity index (χ2n) is 4.30. The number of anilines is 1. The van der Waals surface area contributed by atoms with Crippen LogP contribution in [0.3, 0.4) is 0 Å². The van der Waals surface area contributed by atoms with Crippen LogP contribution < -0.4 is 5.32 Å². The van der Waals surface area contributed by atoms with Crippen LogP contribution in [0.15, 0.2) is 46.9 Å². The summed E-state index contributed by atoms with van der Waals surface area (Å²) < 4.78 is 0.985. The number of phenolic OH excluding ortho intramolecular Hbond substituents is 1. The van der Waals surface area contributed by atoms with Crippen molar-refractivity contribution in [3.8, 4) is 5.75 Å². The van der Waals surface area contributed by atoms with Gasteiger partial charge < -0.3 is 10.4 Å². The normalized spacial score (nSPS) is 10.3. The summed E-state index contributed by atoms with van der Waals surface area (Å²) >= 11 is 9.27. The summed E-state index contributed by atoms with van der Waals surface area (Å²) in [4.78, 5) is 11.9. The van der Waals surface area contributed by atoms with E-state index in [1.165, 1.54) is 12.1 Å². The Morgan fingerprint density at radius 2 is 2.00 bits per heavy atom. The van der Waals surface area contributed by atoms with Gasteiger partial charge >= 0.3 is 0 Å². The van der Waals surface area contributed by atoms with Crippen molar-refractivity contribution in [2.75, 3.05) is 5.32 Å². The molecule has 0 bridgehead atoms. The van der Waals surface area contributed by atoms with Gasteiger partial charge in [-0.25, -0.2) is 0 Å². The van der Waals surface area contributed by atoms with Crippen LogP contribution >= 0.6 is 27.5 Å². The van der Waals surface area contributed by atoms with Crippen molar-refractivity contribution >= 4 is 39.1 Å². The summed E-state index contributed by atoms with van der Waals surface area (Å²) in [6.07, 6.45) is 0.948. The molecular weight excluding hydrogens is 342 g/mol. The van der Waals surface area contributed by atoms with E-state index >= 15 is 0 Å². The molecule has 0 saturated heterocycles. The number of hydrogen-bond donors (Lipinski definition) is 2. The van der Waals surface area contributed by atoms with Gasteiger partial charge in [0.2, 0.25) is 5.91 Å². The molecule has 0 aliphatic carbocycles. The molecular formula is C15H13BrClNO2. The summed E-state index contributed by atoms with van der Waals surface area (Å²) in [5.41, 5.74) is 1.40. The first-order valence-electron chi connectivity index (χ1n) is 6.08. The molecule has 0 spiro atoms. The Bertz CT molecular complexity index is 631. The van der Waals surface area contributed by atoms with Gasteiger partial charge in [-0.2, -0.15) is 0 Å². The third-order valence-corrected chi connectivity index (χ3v) is 3.82. The zero-order valence-corrected chi connectivity index (χ0v) is 12.9. The second kappa shape index (κ2) is 6.77. The third-order valence-electron chi connectivity index (χ3n) is 2.81. The lowest BCUT2D eigenvalue weighted by Gasteiger charge is -2.08. The van der Waals surface area contributed by atoms with Crippen molar-refractivity contribution in [1.29, 1.82) is 0 Å². The highest BCUT2D eigenvalue weighted by atomic mass is 79.9. The molecule has 3 nitrogen and oxygen atoms in total. The van der Waals surface area contributed by atoms with Crippen molar-refractivity contribution in [3.05, 3.63) is 57.5 Å². The van der Waals surface area contributed by atoms with Crippen LogP contribution in [0.4, 0.5) is 5.69 Å². The molecule has 0 heterocycles. The van der Waals surface area contributed by atoms with Crippen molar-refractivity contribution in [2.24, 2.45) is 0 Å². The van der Waals surface area contributed by atoms with Gasteiger partial charge in [0.1, 0.15) is 5.75 Å². The maximum atomic E-state index is 11.9. The molecule has 0 unspecified atom stereocenters. The molecule has 0 atom stereocenters. The highest BCUT2D eigenvalue weighted by molar-refractivity contribution is 9.10. The van der Waals surface area contributed by atoms with Crippen LogP contribution in [0, 0.1) is 0 Å². The number of amides is 1. The van der Waals surface area contributed by atoms with Crippen LogP contribution in [-0.4, -0.2) is 11.0 Å². The summed E-state index contributed by atoms with van der Waals surface area (Å²) in [7, 11) is 0. The van der Waals surface area contributed by atoms with E-state index in [1.807, 2.05) is 24.3 Å². The predicted octanol–water partition coefficient (Wildman–Crippen LogP) is 4.38. The average Bonchev–Trinajstić information content (AvgIpc) is 2.42. The molecule has 104 valence electrons. The van der Waals surface area contributed by atoms with Crippen LogP contribution in [0.5, 0.6) is 5.75 Å². The van der Waals surface area contributed by atoms with Gasteiger partial charge in [0.05, 0.1) is 5.69 Å². The van der Waals surface area contributed by atoms with Gasteiger partial charge in [-0.05, 0) is 36.2 Å². The van der Waals surface area contributed by atoms with Crippen molar-refractivity contribution in [2.45, 2.75) is 12.8 Å². The summed E-state index contributed by atoms with van der Waals surface area (Å²) in [6.45, 7) is 0. The molecule has 2 N–H and O–H groups in total. The smallest absolute Gasteiger partial charge is 0.224 e. The lowest BCUT2D eigenvalue weighted by Crippen LogP contribution is -2.12. The van der Waals surface area contributed by atoms with E-state index in [9.17, 15) is 9.90 Å². The lowest BCUT2D eigenvalue weighted by molar-refractivity contribution is -0.116. The number of halogens is 2. The number of phenols is 1. The Morgan fingerprint density at radius 1 is 1.25 bits per heavy atom. The molecule has 1 amide bonds. The van der Waals surface area contributed by atoms with E-state index in [0.717, 1.165) is 10.0 Å². The first-order valence-corrected chi connectivity index (χ1v) is 7.25. The number of benzene rings is 2. The number of carbonyl (C=O) groups excluding carboxylic acids is 1. The van der Waals surface area contributed by atoms with Gasteiger partial charge in [0.15, 0.2) is 0 Å². The van der Waals surface area contributed by atoms with Crippen molar-refractivity contribution in [3.63, 3.8) is 0 Å². The topological polar surface area (TPSA) is 49.3 Å². The largest absolute Gasteiger partial charge is 0.506 e. The number of rotatable bonds is 4. The van der Waals surface area contributed by atoms with E-state index < -0.39 is 0 Å². The van der Waals surface area contributed by atoms with Gasteiger partial charge in [0, 0.05) is 15.9 Å². The molecule has 20 heavy (non-hydrogen) atoms.